The third-order valence-electron chi connectivity index (χ3n) is 2.87. The number of aliphatic carboxylic acids is 1. The minimum Gasteiger partial charge on any atom is -0.491 e. The smallest absolute Gasteiger partial charge is 0.326 e. The molecule has 0 aliphatic rings. The molecule has 0 saturated carbocycles. The van der Waals surface area contributed by atoms with Gasteiger partial charge in [-0.2, -0.15) is 0 Å². The van der Waals surface area contributed by atoms with Gasteiger partial charge in [0.15, 0.2) is 0 Å². The number of carbonyl (C=O) groups excluding carboxylic acids is 1. The quantitative estimate of drug-likeness (QED) is 0.552. The maximum absolute atomic E-state index is 12.3. The fraction of sp³-hybridized carbons (Fsp3) is 0.467. The number of alkyl halides is 2. The van der Waals surface area contributed by atoms with Gasteiger partial charge >= 0.3 is 5.97 Å². The fourth-order valence-electron chi connectivity index (χ4n) is 1.90. The van der Waals surface area contributed by atoms with Gasteiger partial charge in [-0.15, -0.1) is 0 Å². The first-order valence-corrected chi connectivity index (χ1v) is 9.21. The topological polar surface area (TPSA) is 122 Å². The van der Waals surface area contributed by atoms with Crippen molar-refractivity contribution < 1.29 is 36.6 Å². The van der Waals surface area contributed by atoms with E-state index in [0.717, 1.165) is 0 Å². The van der Waals surface area contributed by atoms with E-state index in [1.165, 1.54) is 24.3 Å². The van der Waals surface area contributed by atoms with Crippen LogP contribution in [0.4, 0.5) is 14.5 Å². The number of ether oxygens (including phenoxy) is 1. The molecule has 0 aliphatic carbocycles. The molecule has 1 aromatic rings. The van der Waals surface area contributed by atoms with Crippen LogP contribution in [0, 0.1) is 0 Å². The van der Waals surface area contributed by atoms with Gasteiger partial charge in [0.1, 0.15) is 17.5 Å². The fourth-order valence-corrected chi connectivity index (χ4v) is 2.89. The van der Waals surface area contributed by atoms with E-state index in [9.17, 15) is 26.8 Å². The van der Waals surface area contributed by atoms with Crippen molar-refractivity contribution in [1.82, 2.24) is 5.32 Å². The molecule has 3 N–H and O–H groups in total. The molecule has 0 heterocycles. The van der Waals surface area contributed by atoms with Crippen molar-refractivity contribution in [1.29, 1.82) is 0 Å². The Hall–Kier alpha value is -2.43. The first-order valence-electron chi connectivity index (χ1n) is 7.56. The highest BCUT2D eigenvalue weighted by Crippen LogP contribution is 2.18. The summed E-state index contributed by atoms with van der Waals surface area (Å²) in [5.74, 6) is -3.46. The average molecular weight is 394 g/mol. The second-order valence-electron chi connectivity index (χ2n) is 5.64. The Balaban J connectivity index is 2.67. The second kappa shape index (κ2) is 9.32. The molecule has 1 amide bonds. The number of carboxylic acid groups (broad SMARTS) is 1. The van der Waals surface area contributed by atoms with Gasteiger partial charge in [-0.3, -0.25) is 9.52 Å². The average Bonchev–Trinajstić information content (AvgIpc) is 2.46. The summed E-state index contributed by atoms with van der Waals surface area (Å²) in [6.45, 7) is 3.65. The summed E-state index contributed by atoms with van der Waals surface area (Å²) < 4.78 is 56.0. The summed E-state index contributed by atoms with van der Waals surface area (Å²) >= 11 is 0. The van der Waals surface area contributed by atoms with Crippen LogP contribution < -0.4 is 14.8 Å². The van der Waals surface area contributed by atoms with Crippen LogP contribution >= 0.6 is 0 Å². The van der Waals surface area contributed by atoms with Gasteiger partial charge < -0.3 is 15.2 Å². The summed E-state index contributed by atoms with van der Waals surface area (Å²) in [4.78, 5) is 22.5. The second-order valence-corrected chi connectivity index (χ2v) is 7.36. The van der Waals surface area contributed by atoms with E-state index in [0.29, 0.717) is 5.75 Å². The van der Waals surface area contributed by atoms with Crippen LogP contribution in [-0.4, -0.2) is 49.7 Å². The molecule has 0 aromatic heterocycles. The minimum atomic E-state index is -4.15. The number of rotatable bonds is 10. The highest BCUT2D eigenvalue weighted by Gasteiger charge is 2.26. The Morgan fingerprint density at radius 3 is 2.23 bits per heavy atom. The number of nitrogens with one attached hydrogen (secondary N) is 2. The predicted molar refractivity (Wildman–Crippen MR) is 89.8 cm³/mol. The number of halogens is 2. The molecule has 0 bridgehead atoms. The number of benzene rings is 1. The molecule has 11 heteroatoms. The highest BCUT2D eigenvalue weighted by molar-refractivity contribution is 7.93. The van der Waals surface area contributed by atoms with Crippen molar-refractivity contribution in [3.05, 3.63) is 24.3 Å². The lowest BCUT2D eigenvalue weighted by Crippen LogP contribution is -2.44. The maximum atomic E-state index is 12.3. The normalized spacial score (nSPS) is 12.7. The molecule has 1 rings (SSSR count). The Labute approximate surface area is 149 Å². The van der Waals surface area contributed by atoms with Crippen LogP contribution in [0.1, 0.15) is 20.3 Å². The van der Waals surface area contributed by atoms with Gasteiger partial charge in [-0.05, 0) is 38.1 Å². The minimum absolute atomic E-state index is 0.0587. The summed E-state index contributed by atoms with van der Waals surface area (Å²) in [6, 6.07) is 4.03. The molecule has 0 fully saturated rings. The van der Waals surface area contributed by atoms with Crippen molar-refractivity contribution in [2.24, 2.45) is 0 Å². The summed E-state index contributed by atoms with van der Waals surface area (Å²) in [5, 5.41) is 10.5. The lowest BCUT2D eigenvalue weighted by atomic mass is 10.2. The van der Waals surface area contributed by atoms with E-state index >= 15 is 0 Å². The molecule has 8 nitrogen and oxygen atoms in total. The van der Waals surface area contributed by atoms with Crippen LogP contribution in [0.25, 0.3) is 0 Å². The number of carboxylic acids is 1. The zero-order chi connectivity index (χ0) is 19.9. The van der Waals surface area contributed by atoms with Crippen molar-refractivity contribution in [3.8, 4) is 5.75 Å². The van der Waals surface area contributed by atoms with Crippen LogP contribution in [0.3, 0.4) is 0 Å². The molecular formula is C15H20F2N2O6S. The van der Waals surface area contributed by atoms with Crippen molar-refractivity contribution in [3.63, 3.8) is 0 Å². The van der Waals surface area contributed by atoms with Gasteiger partial charge in [-0.1, -0.05) is 0 Å². The zero-order valence-corrected chi connectivity index (χ0v) is 14.9. The maximum Gasteiger partial charge on any atom is 0.326 e. The zero-order valence-electron chi connectivity index (χ0n) is 14.1. The summed E-state index contributed by atoms with van der Waals surface area (Å²) in [5.41, 5.74) is 0.163. The Kier molecular flexibility index (Phi) is 7.75. The molecule has 26 heavy (non-hydrogen) atoms. The van der Waals surface area contributed by atoms with Crippen LogP contribution in [0.5, 0.6) is 5.75 Å². The van der Waals surface area contributed by atoms with E-state index < -0.39 is 46.5 Å². The largest absolute Gasteiger partial charge is 0.491 e. The van der Waals surface area contributed by atoms with Gasteiger partial charge in [0.25, 0.3) is 0 Å². The van der Waals surface area contributed by atoms with Crippen LogP contribution in [-0.2, 0) is 19.6 Å². The Morgan fingerprint density at radius 2 is 1.77 bits per heavy atom. The molecule has 0 spiro atoms. The molecule has 0 aliphatic heterocycles. The van der Waals surface area contributed by atoms with E-state index in [1.807, 2.05) is 13.8 Å². The lowest BCUT2D eigenvalue weighted by molar-refractivity contribution is -0.142. The van der Waals surface area contributed by atoms with Crippen LogP contribution in [0.2, 0.25) is 0 Å². The standard InChI is InChI=1S/C15H20F2N2O6S/c1-9(2)25-11-5-3-10(4-6-11)19-26(23,24)8-14(20)18-12(15(21)22)7-13(16)17/h3-6,9,12-13,19H,7-8H2,1-2H3,(H,18,20)(H,21,22). The monoisotopic (exact) mass is 394 g/mol. The number of sulfonamides is 1. The summed E-state index contributed by atoms with van der Waals surface area (Å²) in [6.07, 6.45) is -4.14. The molecule has 0 radical (unpaired) electrons. The molecule has 1 aromatic carbocycles. The number of anilines is 1. The number of carbonyl (C=O) groups is 2. The van der Waals surface area contributed by atoms with E-state index in [-0.39, 0.29) is 11.8 Å². The third kappa shape index (κ3) is 8.10. The van der Waals surface area contributed by atoms with Gasteiger partial charge in [-0.25, -0.2) is 22.0 Å². The highest BCUT2D eigenvalue weighted by atomic mass is 32.2. The van der Waals surface area contributed by atoms with Gasteiger partial charge in [0.05, 0.1) is 6.10 Å². The number of amides is 1. The number of hydrogen-bond donors (Lipinski definition) is 3. The predicted octanol–water partition coefficient (Wildman–Crippen LogP) is 1.44. The molecule has 1 atom stereocenters. The lowest BCUT2D eigenvalue weighted by Gasteiger charge is -2.15. The van der Waals surface area contributed by atoms with Crippen molar-refractivity contribution >= 4 is 27.6 Å². The van der Waals surface area contributed by atoms with E-state index in [2.05, 4.69) is 4.72 Å². The van der Waals surface area contributed by atoms with E-state index in [4.69, 9.17) is 9.84 Å². The van der Waals surface area contributed by atoms with Crippen molar-refractivity contribution in [2.75, 3.05) is 10.5 Å². The van der Waals surface area contributed by atoms with Gasteiger partial charge in [0, 0.05) is 12.1 Å². The van der Waals surface area contributed by atoms with Gasteiger partial charge in [0.2, 0.25) is 22.4 Å². The summed E-state index contributed by atoms with van der Waals surface area (Å²) in [7, 11) is -4.15. The third-order valence-corrected chi connectivity index (χ3v) is 4.06. The molecular weight excluding hydrogens is 374 g/mol. The van der Waals surface area contributed by atoms with Crippen molar-refractivity contribution in [2.45, 2.75) is 38.8 Å². The van der Waals surface area contributed by atoms with Crippen LogP contribution in [0.15, 0.2) is 24.3 Å². The molecule has 1 unspecified atom stereocenters. The number of hydrogen-bond acceptors (Lipinski definition) is 5. The molecule has 146 valence electrons. The molecule has 0 saturated heterocycles. The Morgan fingerprint density at radius 1 is 1.19 bits per heavy atom. The first kappa shape index (κ1) is 21.6. The SMILES string of the molecule is CC(C)Oc1ccc(NS(=O)(=O)CC(=O)NC(CC(F)F)C(=O)O)cc1. The first-order chi connectivity index (χ1) is 12.0. The van der Waals surface area contributed by atoms with E-state index in [1.54, 1.807) is 5.32 Å². The Bertz CT molecular complexity index is 722.